The molecule has 2 fully saturated rings. The lowest BCUT2D eigenvalue weighted by Crippen LogP contribution is -2.34. The van der Waals surface area contributed by atoms with Gasteiger partial charge in [0.2, 0.25) is 5.95 Å². The lowest BCUT2D eigenvalue weighted by atomic mass is 10.1. The van der Waals surface area contributed by atoms with Crippen LogP contribution in [0.1, 0.15) is 49.0 Å². The van der Waals surface area contributed by atoms with Crippen molar-refractivity contribution in [3.8, 4) is 0 Å². The third-order valence-corrected chi connectivity index (χ3v) is 8.11. The summed E-state index contributed by atoms with van der Waals surface area (Å²) in [5.74, 6) is 1.84. The van der Waals surface area contributed by atoms with Crippen LogP contribution < -0.4 is 10.2 Å². The molecule has 164 valence electrons. The molecule has 4 heterocycles. The van der Waals surface area contributed by atoms with Crippen molar-refractivity contribution in [3.05, 3.63) is 47.0 Å². The van der Waals surface area contributed by atoms with Gasteiger partial charge in [-0.15, -0.1) is 11.3 Å². The Balaban J connectivity index is 1.23. The maximum Gasteiger partial charge on any atom is 0.224 e. The minimum Gasteiger partial charge on any atom is -0.356 e. The molecule has 0 amide bonds. The lowest BCUT2D eigenvalue weighted by Gasteiger charge is -2.25. The predicted molar refractivity (Wildman–Crippen MR) is 131 cm³/mol. The number of fused-ring (bicyclic) bond motifs is 1. The molecule has 1 aromatic carbocycles. The van der Waals surface area contributed by atoms with Gasteiger partial charge in [-0.1, -0.05) is 31.0 Å². The summed E-state index contributed by atoms with van der Waals surface area (Å²) in [4.78, 5) is 15.9. The van der Waals surface area contributed by atoms with E-state index in [1.54, 1.807) is 0 Å². The first-order valence-corrected chi connectivity index (χ1v) is 12.6. The molecular formula is C25H33N5S. The van der Waals surface area contributed by atoms with Crippen LogP contribution in [-0.2, 0) is 6.54 Å². The average Bonchev–Trinajstić information content (AvgIpc) is 3.25. The van der Waals surface area contributed by atoms with Crippen LogP contribution in [0.4, 0.5) is 11.8 Å². The first kappa shape index (κ1) is 20.7. The molecule has 0 radical (unpaired) electrons. The Morgan fingerprint density at radius 3 is 2.71 bits per heavy atom. The number of hydrogen-bond donors (Lipinski definition) is 1. The zero-order valence-electron chi connectivity index (χ0n) is 18.5. The fourth-order valence-electron chi connectivity index (χ4n) is 5.01. The molecule has 0 saturated carbocycles. The normalized spacial score (nSPS) is 20.3. The van der Waals surface area contributed by atoms with Crippen molar-refractivity contribution in [2.45, 2.75) is 58.0 Å². The average molecular weight is 436 g/mol. The highest BCUT2D eigenvalue weighted by molar-refractivity contribution is 7.19. The van der Waals surface area contributed by atoms with Crippen molar-refractivity contribution in [1.82, 2.24) is 14.9 Å². The second kappa shape index (κ2) is 9.53. The zero-order valence-corrected chi connectivity index (χ0v) is 19.3. The van der Waals surface area contributed by atoms with E-state index in [1.165, 1.54) is 65.6 Å². The summed E-state index contributed by atoms with van der Waals surface area (Å²) in [5, 5.41) is 4.96. The predicted octanol–water partition coefficient (Wildman–Crippen LogP) is 5.46. The molecule has 2 aliphatic heterocycles. The van der Waals surface area contributed by atoms with Gasteiger partial charge in [-0.3, -0.25) is 4.90 Å². The number of rotatable bonds is 6. The van der Waals surface area contributed by atoms with Gasteiger partial charge in [-0.25, -0.2) is 4.98 Å². The minimum absolute atomic E-state index is 0.537. The lowest BCUT2D eigenvalue weighted by molar-refractivity contribution is 0.256. The van der Waals surface area contributed by atoms with Crippen molar-refractivity contribution in [2.75, 3.05) is 36.4 Å². The van der Waals surface area contributed by atoms with Crippen molar-refractivity contribution < 1.29 is 0 Å². The maximum atomic E-state index is 4.84. The molecule has 0 spiro atoms. The molecule has 5 rings (SSSR count). The summed E-state index contributed by atoms with van der Waals surface area (Å²) in [6, 6.07) is 11.4. The molecule has 2 saturated heterocycles. The second-order valence-corrected chi connectivity index (χ2v) is 10.1. The molecule has 2 aromatic heterocycles. The van der Waals surface area contributed by atoms with Crippen LogP contribution in [-0.4, -0.2) is 47.1 Å². The molecule has 1 N–H and O–H groups in total. The van der Waals surface area contributed by atoms with E-state index in [2.05, 4.69) is 57.4 Å². The Bertz CT molecular complexity index is 1010. The van der Waals surface area contributed by atoms with Gasteiger partial charge >= 0.3 is 0 Å². The van der Waals surface area contributed by atoms with E-state index in [0.717, 1.165) is 37.9 Å². The third-order valence-electron chi connectivity index (χ3n) is 6.85. The highest BCUT2D eigenvalue weighted by atomic mass is 32.1. The molecule has 6 heteroatoms. The molecule has 3 aromatic rings. The number of hydrogen-bond acceptors (Lipinski definition) is 6. The first-order valence-electron chi connectivity index (χ1n) is 11.8. The van der Waals surface area contributed by atoms with E-state index in [9.17, 15) is 0 Å². The summed E-state index contributed by atoms with van der Waals surface area (Å²) in [5.41, 5.74) is 1.45. The van der Waals surface area contributed by atoms with E-state index in [-0.39, 0.29) is 0 Å². The molecule has 1 atom stereocenters. The fourth-order valence-corrected chi connectivity index (χ4v) is 6.25. The van der Waals surface area contributed by atoms with Gasteiger partial charge in [0.25, 0.3) is 0 Å². The Hall–Kier alpha value is -2.18. The number of benzene rings is 1. The van der Waals surface area contributed by atoms with Crippen LogP contribution in [0.2, 0.25) is 0 Å². The Morgan fingerprint density at radius 1 is 1.03 bits per heavy atom. The van der Waals surface area contributed by atoms with E-state index in [1.807, 2.05) is 17.5 Å². The number of likely N-dealkylation sites (tertiary alicyclic amines) is 1. The Morgan fingerprint density at radius 2 is 1.87 bits per heavy atom. The summed E-state index contributed by atoms with van der Waals surface area (Å²) < 4.78 is 1.41. The topological polar surface area (TPSA) is 44.3 Å². The summed E-state index contributed by atoms with van der Waals surface area (Å²) in [6.07, 6.45) is 9.62. The molecular weight excluding hydrogens is 402 g/mol. The van der Waals surface area contributed by atoms with E-state index < -0.39 is 0 Å². The third kappa shape index (κ3) is 4.70. The summed E-state index contributed by atoms with van der Waals surface area (Å²) in [7, 11) is 0. The fraction of sp³-hybridized carbons (Fsp3) is 0.520. The zero-order chi connectivity index (χ0) is 21.0. The Kier molecular flexibility index (Phi) is 6.37. The van der Waals surface area contributed by atoms with Gasteiger partial charge in [0.05, 0.1) is 0 Å². The Labute approximate surface area is 189 Å². The highest BCUT2D eigenvalue weighted by Gasteiger charge is 2.26. The molecule has 0 bridgehead atoms. The van der Waals surface area contributed by atoms with Crippen LogP contribution >= 0.6 is 11.3 Å². The number of aryl methyl sites for hydroxylation is 1. The maximum absolute atomic E-state index is 4.84. The highest BCUT2D eigenvalue weighted by Crippen LogP contribution is 2.33. The summed E-state index contributed by atoms with van der Waals surface area (Å²) in [6.45, 7) is 7.64. The standard InChI is InChI=1S/C25H33N5S/c1-19-21-10-4-5-11-22(21)31-23(19)18-30-16-8-9-20(30)17-27-25-26-13-12-24(28-25)29-14-6-2-3-7-15-29/h4-5,10-13,20H,2-3,6-9,14-18H2,1H3,(H,26,27,28). The number of anilines is 2. The van der Waals surface area contributed by atoms with Gasteiger partial charge in [0.15, 0.2) is 0 Å². The SMILES string of the molecule is Cc1c(CN2CCCC2CNc2nccc(N3CCCCCC3)n2)sc2ccccc12. The summed E-state index contributed by atoms with van der Waals surface area (Å²) >= 11 is 1.95. The number of aromatic nitrogens is 2. The second-order valence-electron chi connectivity index (χ2n) is 8.93. The van der Waals surface area contributed by atoms with E-state index >= 15 is 0 Å². The largest absolute Gasteiger partial charge is 0.356 e. The molecule has 1 unspecified atom stereocenters. The van der Waals surface area contributed by atoms with Crippen LogP contribution in [0.15, 0.2) is 36.5 Å². The van der Waals surface area contributed by atoms with E-state index in [4.69, 9.17) is 4.98 Å². The van der Waals surface area contributed by atoms with Gasteiger partial charge < -0.3 is 10.2 Å². The number of nitrogens with zero attached hydrogens (tertiary/aromatic N) is 4. The number of nitrogens with one attached hydrogen (secondary N) is 1. The van der Waals surface area contributed by atoms with Crippen LogP contribution in [0.25, 0.3) is 10.1 Å². The van der Waals surface area contributed by atoms with Crippen molar-refractivity contribution in [3.63, 3.8) is 0 Å². The van der Waals surface area contributed by atoms with Gasteiger partial charge in [-0.2, -0.15) is 4.98 Å². The van der Waals surface area contributed by atoms with Crippen molar-refractivity contribution >= 4 is 33.2 Å². The van der Waals surface area contributed by atoms with Gasteiger partial charge in [0, 0.05) is 48.0 Å². The molecule has 31 heavy (non-hydrogen) atoms. The molecule has 5 nitrogen and oxygen atoms in total. The van der Waals surface area contributed by atoms with Crippen molar-refractivity contribution in [2.24, 2.45) is 0 Å². The van der Waals surface area contributed by atoms with Gasteiger partial charge in [0.1, 0.15) is 5.82 Å². The van der Waals surface area contributed by atoms with Crippen LogP contribution in [0.5, 0.6) is 0 Å². The van der Waals surface area contributed by atoms with Crippen molar-refractivity contribution in [1.29, 1.82) is 0 Å². The van der Waals surface area contributed by atoms with E-state index in [0.29, 0.717) is 6.04 Å². The van der Waals surface area contributed by atoms with Crippen LogP contribution in [0.3, 0.4) is 0 Å². The molecule has 2 aliphatic rings. The molecule has 0 aliphatic carbocycles. The van der Waals surface area contributed by atoms with Crippen LogP contribution in [0, 0.1) is 6.92 Å². The minimum atomic E-state index is 0.537. The van der Waals surface area contributed by atoms with Gasteiger partial charge in [-0.05, 0) is 62.2 Å². The first-order chi connectivity index (χ1) is 15.3. The smallest absolute Gasteiger partial charge is 0.224 e. The quantitative estimate of drug-likeness (QED) is 0.557. The monoisotopic (exact) mass is 435 g/mol. The number of thiophene rings is 1.